The quantitative estimate of drug-likeness (QED) is 0.795. The van der Waals surface area contributed by atoms with Gasteiger partial charge in [-0.1, -0.05) is 11.6 Å². The predicted molar refractivity (Wildman–Crippen MR) is 66.4 cm³/mol. The molecule has 0 unspecified atom stereocenters. The molecule has 0 spiro atoms. The Morgan fingerprint density at radius 3 is 2.88 bits per heavy atom. The number of nitrogens with zero attached hydrogens (tertiary/aromatic N) is 2. The van der Waals surface area contributed by atoms with Crippen molar-refractivity contribution in [1.29, 1.82) is 0 Å². The van der Waals surface area contributed by atoms with Crippen LogP contribution < -0.4 is 0 Å². The molecule has 16 heavy (non-hydrogen) atoms. The molecule has 0 radical (unpaired) electrons. The van der Waals surface area contributed by atoms with Crippen molar-refractivity contribution in [2.45, 2.75) is 19.8 Å². The number of aromatic nitrogens is 2. The first-order valence-electron chi connectivity index (χ1n) is 4.84. The maximum Gasteiger partial charge on any atom is 0.259 e. The highest BCUT2D eigenvalue weighted by Crippen LogP contribution is 2.35. The lowest BCUT2D eigenvalue weighted by Gasteiger charge is -1.91. The molecule has 0 fully saturated rings. The molecule has 0 saturated carbocycles. The van der Waals surface area contributed by atoms with Crippen molar-refractivity contribution in [2.75, 3.05) is 5.88 Å². The van der Waals surface area contributed by atoms with E-state index in [9.17, 15) is 0 Å². The summed E-state index contributed by atoms with van der Waals surface area (Å²) in [5, 5.41) is 10.6. The number of thiophene rings is 1. The van der Waals surface area contributed by atoms with Gasteiger partial charge in [0.1, 0.15) is 4.88 Å². The van der Waals surface area contributed by atoms with Crippen LogP contribution in [0.25, 0.3) is 10.8 Å². The van der Waals surface area contributed by atoms with Crippen molar-refractivity contribution in [3.8, 4) is 10.8 Å². The number of halogens is 2. The van der Waals surface area contributed by atoms with Crippen molar-refractivity contribution in [2.24, 2.45) is 0 Å². The molecular formula is C10H10Cl2N2OS. The van der Waals surface area contributed by atoms with Crippen molar-refractivity contribution in [3.05, 3.63) is 21.9 Å². The highest BCUT2D eigenvalue weighted by atomic mass is 35.5. The number of aryl methyl sites for hydroxylation is 2. The lowest BCUT2D eigenvalue weighted by molar-refractivity contribution is 0.503. The van der Waals surface area contributed by atoms with E-state index in [1.807, 2.05) is 12.3 Å². The van der Waals surface area contributed by atoms with E-state index in [0.29, 0.717) is 29.1 Å². The molecule has 0 aliphatic rings. The fraction of sp³-hybridized carbons (Fsp3) is 0.400. The van der Waals surface area contributed by atoms with Gasteiger partial charge < -0.3 is 4.42 Å². The lowest BCUT2D eigenvalue weighted by Crippen LogP contribution is -1.85. The second-order valence-corrected chi connectivity index (χ2v) is 4.99. The Balaban J connectivity index is 2.21. The number of hydrogen-bond donors (Lipinski definition) is 0. The van der Waals surface area contributed by atoms with Gasteiger partial charge in [-0.3, -0.25) is 0 Å². The summed E-state index contributed by atoms with van der Waals surface area (Å²) in [6, 6.07) is 0. The molecule has 0 bridgehead atoms. The van der Waals surface area contributed by atoms with E-state index in [0.717, 1.165) is 16.9 Å². The Hall–Kier alpha value is -0.580. The number of alkyl halides is 1. The summed E-state index contributed by atoms with van der Waals surface area (Å²) in [5.41, 5.74) is 1.03. The second-order valence-electron chi connectivity index (χ2n) is 3.36. The van der Waals surface area contributed by atoms with Crippen molar-refractivity contribution in [3.63, 3.8) is 0 Å². The molecular weight excluding hydrogens is 267 g/mol. The highest BCUT2D eigenvalue weighted by Gasteiger charge is 2.15. The molecule has 3 nitrogen and oxygen atoms in total. The summed E-state index contributed by atoms with van der Waals surface area (Å²) in [7, 11) is 0. The Morgan fingerprint density at radius 2 is 2.25 bits per heavy atom. The molecule has 0 aromatic carbocycles. The SMILES string of the molecule is Cc1csc(-c2nnc(CCCCl)o2)c1Cl. The van der Waals surface area contributed by atoms with Gasteiger partial charge in [-0.05, 0) is 24.3 Å². The van der Waals surface area contributed by atoms with Crippen LogP contribution in [0.3, 0.4) is 0 Å². The maximum atomic E-state index is 6.12. The predicted octanol–water partition coefficient (Wildman–Crippen LogP) is 3.93. The lowest BCUT2D eigenvalue weighted by atomic mass is 10.3. The molecule has 0 atom stereocenters. The van der Waals surface area contributed by atoms with Crippen LogP contribution in [0.1, 0.15) is 17.9 Å². The zero-order valence-corrected chi connectivity index (χ0v) is 11.0. The zero-order valence-electron chi connectivity index (χ0n) is 8.67. The molecule has 0 amide bonds. The van der Waals surface area contributed by atoms with E-state index in [1.165, 1.54) is 11.3 Å². The van der Waals surface area contributed by atoms with Gasteiger partial charge in [-0.25, -0.2) is 0 Å². The third kappa shape index (κ3) is 2.39. The fourth-order valence-electron chi connectivity index (χ4n) is 1.24. The summed E-state index contributed by atoms with van der Waals surface area (Å²) in [4.78, 5) is 0.837. The monoisotopic (exact) mass is 276 g/mol. The Bertz CT molecular complexity index is 481. The third-order valence-corrected chi connectivity index (χ3v) is 4.04. The van der Waals surface area contributed by atoms with Crippen molar-refractivity contribution < 1.29 is 4.42 Å². The fourth-order valence-corrected chi connectivity index (χ4v) is 2.57. The number of rotatable bonds is 4. The van der Waals surface area contributed by atoms with Crippen molar-refractivity contribution >= 4 is 34.5 Å². The van der Waals surface area contributed by atoms with Gasteiger partial charge in [0, 0.05) is 12.3 Å². The van der Waals surface area contributed by atoms with Crippen LogP contribution >= 0.6 is 34.5 Å². The van der Waals surface area contributed by atoms with E-state index in [-0.39, 0.29) is 0 Å². The van der Waals surface area contributed by atoms with Crippen molar-refractivity contribution in [1.82, 2.24) is 10.2 Å². The average Bonchev–Trinajstić information content (AvgIpc) is 2.85. The molecule has 86 valence electrons. The third-order valence-electron chi connectivity index (χ3n) is 2.08. The van der Waals surface area contributed by atoms with E-state index in [1.54, 1.807) is 0 Å². The van der Waals surface area contributed by atoms with Gasteiger partial charge in [-0.15, -0.1) is 33.1 Å². The van der Waals surface area contributed by atoms with E-state index < -0.39 is 0 Å². The van der Waals surface area contributed by atoms with Crippen LogP contribution in [0.15, 0.2) is 9.80 Å². The minimum absolute atomic E-state index is 0.493. The van der Waals surface area contributed by atoms with Gasteiger partial charge >= 0.3 is 0 Å². The van der Waals surface area contributed by atoms with E-state index in [2.05, 4.69) is 10.2 Å². The minimum Gasteiger partial charge on any atom is -0.420 e. The summed E-state index contributed by atoms with van der Waals surface area (Å²) in [6.07, 6.45) is 1.54. The van der Waals surface area contributed by atoms with Crippen LogP contribution in [0.5, 0.6) is 0 Å². The van der Waals surface area contributed by atoms with Gasteiger partial charge in [0.25, 0.3) is 5.89 Å². The maximum absolute atomic E-state index is 6.12. The Labute approximate surface area is 107 Å². The first-order chi connectivity index (χ1) is 7.72. The van der Waals surface area contributed by atoms with E-state index in [4.69, 9.17) is 27.6 Å². The summed E-state index contributed by atoms with van der Waals surface area (Å²) in [5.74, 6) is 1.70. The minimum atomic E-state index is 0.493. The molecule has 2 heterocycles. The highest BCUT2D eigenvalue weighted by molar-refractivity contribution is 7.14. The van der Waals surface area contributed by atoms with Crippen LogP contribution in [-0.4, -0.2) is 16.1 Å². The Morgan fingerprint density at radius 1 is 1.44 bits per heavy atom. The molecule has 0 saturated heterocycles. The van der Waals surface area contributed by atoms with Gasteiger partial charge in [-0.2, -0.15) is 0 Å². The van der Waals surface area contributed by atoms with Crippen LogP contribution in [0.2, 0.25) is 5.02 Å². The first-order valence-corrected chi connectivity index (χ1v) is 6.64. The van der Waals surface area contributed by atoms with Crippen LogP contribution in [0.4, 0.5) is 0 Å². The largest absolute Gasteiger partial charge is 0.420 e. The second kappa shape index (κ2) is 5.17. The number of hydrogen-bond acceptors (Lipinski definition) is 4. The first kappa shape index (κ1) is 11.9. The molecule has 0 N–H and O–H groups in total. The molecule has 2 aromatic heterocycles. The molecule has 2 rings (SSSR count). The molecule has 0 aliphatic heterocycles. The molecule has 6 heteroatoms. The standard InChI is InChI=1S/C10H10Cl2N2OS/c1-6-5-16-9(8(6)12)10-14-13-7(15-10)3-2-4-11/h5H,2-4H2,1H3. The topological polar surface area (TPSA) is 38.9 Å². The summed E-state index contributed by atoms with van der Waals surface area (Å²) in [6.45, 7) is 1.95. The molecule has 2 aromatic rings. The van der Waals surface area contributed by atoms with Gasteiger partial charge in [0.2, 0.25) is 5.89 Å². The Kier molecular flexibility index (Phi) is 3.84. The van der Waals surface area contributed by atoms with Crippen LogP contribution in [0, 0.1) is 6.92 Å². The molecule has 0 aliphatic carbocycles. The van der Waals surface area contributed by atoms with Crippen LogP contribution in [-0.2, 0) is 6.42 Å². The summed E-state index contributed by atoms with van der Waals surface area (Å²) >= 11 is 13.2. The normalized spacial score (nSPS) is 10.9. The van der Waals surface area contributed by atoms with Gasteiger partial charge in [0.05, 0.1) is 5.02 Å². The summed E-state index contributed by atoms with van der Waals surface area (Å²) < 4.78 is 5.51. The smallest absolute Gasteiger partial charge is 0.259 e. The zero-order chi connectivity index (χ0) is 11.5. The van der Waals surface area contributed by atoms with E-state index >= 15 is 0 Å². The van der Waals surface area contributed by atoms with Gasteiger partial charge in [0.15, 0.2) is 0 Å². The average molecular weight is 277 g/mol.